The first-order valence-corrected chi connectivity index (χ1v) is 18.4. The van der Waals surface area contributed by atoms with E-state index in [-0.39, 0.29) is 21.7 Å². The fraction of sp³-hybridized carbons (Fsp3) is 0.378. The number of rotatable bonds is 8. The number of pyridine rings is 1. The number of sulfonamides is 1. The van der Waals surface area contributed by atoms with Crippen molar-refractivity contribution in [3.63, 3.8) is 0 Å². The van der Waals surface area contributed by atoms with Crippen LogP contribution < -0.4 is 9.62 Å². The number of carbonyl (C=O) groups excluding carboxylic acids is 1. The third-order valence-corrected chi connectivity index (χ3v) is 11.3. The summed E-state index contributed by atoms with van der Waals surface area (Å²) < 4.78 is 44.8. The molecule has 3 heterocycles. The monoisotopic (exact) mass is 704 g/mol. The lowest BCUT2D eigenvalue weighted by Crippen LogP contribution is -2.47. The molecule has 4 aromatic rings. The number of halogens is 2. The van der Waals surface area contributed by atoms with E-state index in [4.69, 9.17) is 11.6 Å². The van der Waals surface area contributed by atoms with E-state index in [0.29, 0.717) is 17.0 Å². The van der Waals surface area contributed by atoms with Crippen molar-refractivity contribution >= 4 is 38.8 Å². The van der Waals surface area contributed by atoms with E-state index in [2.05, 4.69) is 50.6 Å². The van der Waals surface area contributed by atoms with Gasteiger partial charge in [0.15, 0.2) is 0 Å². The third kappa shape index (κ3) is 7.59. The van der Waals surface area contributed by atoms with Crippen molar-refractivity contribution in [1.29, 1.82) is 0 Å². The van der Waals surface area contributed by atoms with Crippen LogP contribution in [0.3, 0.4) is 0 Å². The van der Waals surface area contributed by atoms with Crippen molar-refractivity contribution in [3.05, 3.63) is 99.7 Å². The highest BCUT2D eigenvalue weighted by Gasteiger charge is 2.30. The minimum absolute atomic E-state index is 0.0496. The number of benzene rings is 2. The van der Waals surface area contributed by atoms with Crippen molar-refractivity contribution in [2.24, 2.45) is 12.5 Å². The first-order chi connectivity index (χ1) is 23.2. The number of allylic oxidation sites excluding steroid dienone is 1. The predicted octanol–water partition coefficient (Wildman–Crippen LogP) is 6.80. The highest BCUT2D eigenvalue weighted by Crippen LogP contribution is 2.43. The average molecular weight is 705 g/mol. The average Bonchev–Trinajstić information content (AvgIpc) is 3.32. The van der Waals surface area contributed by atoms with Gasteiger partial charge < -0.3 is 4.90 Å². The molecule has 2 aliphatic rings. The topological polar surface area (TPSA) is 100 Å². The van der Waals surface area contributed by atoms with Gasteiger partial charge in [-0.25, -0.2) is 22.5 Å². The van der Waals surface area contributed by atoms with Gasteiger partial charge in [-0.2, -0.15) is 5.10 Å². The van der Waals surface area contributed by atoms with E-state index in [0.717, 1.165) is 68.4 Å². The van der Waals surface area contributed by atoms with Gasteiger partial charge in [-0.15, -0.1) is 0 Å². The maximum Gasteiger partial charge on any atom is 0.283 e. The molecule has 1 aliphatic heterocycles. The number of piperazine rings is 1. The molecule has 9 nitrogen and oxygen atoms in total. The molecule has 0 bridgehead atoms. The molecule has 12 heteroatoms. The third-order valence-electron chi connectivity index (χ3n) is 9.73. The van der Waals surface area contributed by atoms with E-state index in [9.17, 15) is 17.6 Å². The normalized spacial score (nSPS) is 17.0. The summed E-state index contributed by atoms with van der Waals surface area (Å²) in [5.74, 6) is -1.58. The lowest BCUT2D eigenvalue weighted by atomic mass is 9.72. The minimum Gasteiger partial charge on any atom is -0.369 e. The van der Waals surface area contributed by atoms with Crippen molar-refractivity contribution in [1.82, 2.24) is 24.4 Å². The zero-order valence-electron chi connectivity index (χ0n) is 28.6. The molecule has 0 spiro atoms. The number of carbonyl (C=O) groups is 1. The number of nitrogens with zero attached hydrogens (tertiary/aromatic N) is 5. The summed E-state index contributed by atoms with van der Waals surface area (Å²) in [6, 6.07) is 17.0. The highest BCUT2D eigenvalue weighted by atomic mass is 35.5. The Bertz CT molecular complexity index is 2020. The molecule has 0 unspecified atom stereocenters. The second-order valence-corrected chi connectivity index (χ2v) is 15.9. The summed E-state index contributed by atoms with van der Waals surface area (Å²) in [5, 5.41) is 5.04. The van der Waals surface area contributed by atoms with Crippen molar-refractivity contribution in [3.8, 4) is 11.3 Å². The molecule has 258 valence electrons. The van der Waals surface area contributed by atoms with Crippen LogP contribution in [0.1, 0.15) is 60.5 Å². The van der Waals surface area contributed by atoms with Gasteiger partial charge in [-0.3, -0.25) is 14.4 Å². The molecule has 2 aromatic carbocycles. The maximum atomic E-state index is 14.8. The molecule has 2 aromatic heterocycles. The number of anilines is 1. The molecule has 1 fully saturated rings. The van der Waals surface area contributed by atoms with Gasteiger partial charge in [0.1, 0.15) is 17.2 Å². The Labute approximate surface area is 292 Å². The standard InChI is InChI=1S/C37H42ClFN6O3S/c1-24-34(25(2)43(5)41-24)35-32(39)14-15-33(40-35)36(46)42-49(47,48)30-12-10-29(11-13-30)45-20-18-44(19-21-45)23-27-16-17-37(3,4)22-31(27)26-6-8-28(38)9-7-26/h6-15H,16-23H2,1-5H3,(H,42,46). The molecule has 0 saturated carbocycles. The molecule has 1 amide bonds. The van der Waals surface area contributed by atoms with E-state index in [1.807, 2.05) is 12.1 Å². The molecule has 0 radical (unpaired) electrons. The predicted molar refractivity (Wildman–Crippen MR) is 192 cm³/mol. The Morgan fingerprint density at radius 3 is 2.29 bits per heavy atom. The van der Waals surface area contributed by atoms with Crippen LogP contribution in [0.2, 0.25) is 5.02 Å². The Morgan fingerprint density at radius 2 is 1.65 bits per heavy atom. The number of nitrogens with one attached hydrogen (secondary N) is 1. The van der Waals surface area contributed by atoms with Gasteiger partial charge in [0, 0.05) is 61.7 Å². The Hall–Kier alpha value is -4.06. The molecule has 1 N–H and O–H groups in total. The number of hydrogen-bond donors (Lipinski definition) is 1. The van der Waals surface area contributed by atoms with E-state index < -0.39 is 21.7 Å². The molecule has 1 saturated heterocycles. The second kappa shape index (κ2) is 13.7. The molecular formula is C37H42ClFN6O3S. The number of amides is 1. The summed E-state index contributed by atoms with van der Waals surface area (Å²) >= 11 is 6.18. The van der Waals surface area contributed by atoms with Crippen LogP contribution in [0.15, 0.2) is 71.1 Å². The summed E-state index contributed by atoms with van der Waals surface area (Å²) in [6.07, 6.45) is 3.30. The van der Waals surface area contributed by atoms with Crippen molar-refractivity contribution in [2.45, 2.75) is 51.9 Å². The Balaban J connectivity index is 1.09. The largest absolute Gasteiger partial charge is 0.369 e. The molecular weight excluding hydrogens is 663 g/mol. The molecule has 1 aliphatic carbocycles. The summed E-state index contributed by atoms with van der Waals surface area (Å²) in [4.78, 5) is 21.9. The molecule has 0 atom stereocenters. The van der Waals surface area contributed by atoms with Crippen LogP contribution in [-0.2, 0) is 17.1 Å². The Morgan fingerprint density at radius 1 is 0.980 bits per heavy atom. The van der Waals surface area contributed by atoms with Gasteiger partial charge >= 0.3 is 0 Å². The highest BCUT2D eigenvalue weighted by molar-refractivity contribution is 7.90. The van der Waals surface area contributed by atoms with Gasteiger partial charge in [-0.05, 0) is 98.2 Å². The van der Waals surface area contributed by atoms with E-state index in [1.54, 1.807) is 37.7 Å². The van der Waals surface area contributed by atoms with Gasteiger partial charge in [-0.1, -0.05) is 43.2 Å². The van der Waals surface area contributed by atoms with Crippen LogP contribution in [0, 0.1) is 25.1 Å². The van der Waals surface area contributed by atoms with Gasteiger partial charge in [0.25, 0.3) is 15.9 Å². The lowest BCUT2D eigenvalue weighted by molar-refractivity contribution is 0.0976. The quantitative estimate of drug-likeness (QED) is 0.216. The van der Waals surface area contributed by atoms with Crippen LogP contribution in [0.4, 0.5) is 10.1 Å². The van der Waals surface area contributed by atoms with Crippen molar-refractivity contribution in [2.75, 3.05) is 37.6 Å². The first-order valence-electron chi connectivity index (χ1n) is 16.5. The summed E-state index contributed by atoms with van der Waals surface area (Å²) in [6.45, 7) is 12.5. The smallest absolute Gasteiger partial charge is 0.283 e. The number of aromatic nitrogens is 3. The fourth-order valence-corrected chi connectivity index (χ4v) is 7.91. The minimum atomic E-state index is -4.21. The van der Waals surface area contributed by atoms with E-state index in [1.165, 1.54) is 35.3 Å². The lowest BCUT2D eigenvalue weighted by Gasteiger charge is -2.39. The van der Waals surface area contributed by atoms with E-state index >= 15 is 0 Å². The zero-order chi connectivity index (χ0) is 35.1. The SMILES string of the molecule is Cc1nn(C)c(C)c1-c1nc(C(=O)NS(=O)(=O)c2ccc(N3CCN(CC4=C(c5ccc(Cl)cc5)CC(C)(C)CC4)CC3)cc2)ccc1F. The zero-order valence-corrected chi connectivity index (χ0v) is 30.1. The maximum absolute atomic E-state index is 14.8. The van der Waals surface area contributed by atoms with Gasteiger partial charge in [0.2, 0.25) is 0 Å². The van der Waals surface area contributed by atoms with Crippen molar-refractivity contribution < 1.29 is 17.6 Å². The molecule has 49 heavy (non-hydrogen) atoms. The first kappa shape index (κ1) is 34.8. The van der Waals surface area contributed by atoms with Crippen LogP contribution >= 0.6 is 11.6 Å². The second-order valence-electron chi connectivity index (χ2n) is 13.8. The molecule has 6 rings (SSSR count). The number of aryl methyl sites for hydroxylation is 2. The summed E-state index contributed by atoms with van der Waals surface area (Å²) in [5.41, 5.74) is 6.78. The summed E-state index contributed by atoms with van der Waals surface area (Å²) in [7, 11) is -2.48. The number of hydrogen-bond acceptors (Lipinski definition) is 7. The fourth-order valence-electron chi connectivity index (χ4n) is 6.83. The van der Waals surface area contributed by atoms with Gasteiger partial charge in [0.05, 0.1) is 10.6 Å². The van der Waals surface area contributed by atoms with Crippen LogP contribution in [-0.4, -0.2) is 66.7 Å². The van der Waals surface area contributed by atoms with Crippen LogP contribution in [0.5, 0.6) is 0 Å². The Kier molecular flexibility index (Phi) is 9.72. The van der Waals surface area contributed by atoms with Crippen LogP contribution in [0.25, 0.3) is 16.8 Å².